The molecule has 0 atom stereocenters. The predicted octanol–water partition coefficient (Wildman–Crippen LogP) is 2.18. The van der Waals surface area contributed by atoms with Gasteiger partial charge in [0.1, 0.15) is 0 Å². The van der Waals surface area contributed by atoms with E-state index in [1.165, 1.54) is 0 Å². The molecule has 0 bridgehead atoms. The van der Waals surface area contributed by atoms with Crippen molar-refractivity contribution in [1.29, 1.82) is 0 Å². The molecule has 2 aromatic rings. The smallest absolute Gasteiger partial charge is 0.227 e. The van der Waals surface area contributed by atoms with Crippen LogP contribution in [0.15, 0.2) is 42.6 Å². The lowest BCUT2D eigenvalue weighted by Crippen LogP contribution is -2.40. The number of methoxy groups -OCH3 is 2. The summed E-state index contributed by atoms with van der Waals surface area (Å²) in [6.45, 7) is 2.28. The molecule has 20 heavy (non-hydrogen) atoms. The van der Waals surface area contributed by atoms with E-state index in [0.29, 0.717) is 23.6 Å². The standard InChI is InChI=1S/C16H18NO3/c1-12-6-4-5-9-17(12)11-14(18)13-7-8-15(19-2)16(10-13)20-3/h4-10H,11H2,1-3H3/q+1. The molecule has 0 N–H and O–H groups in total. The molecule has 1 aromatic heterocycles. The molecule has 0 aliphatic heterocycles. The van der Waals surface area contributed by atoms with Crippen molar-refractivity contribution in [2.75, 3.05) is 14.2 Å². The van der Waals surface area contributed by atoms with Crippen LogP contribution in [-0.2, 0) is 6.54 Å². The van der Waals surface area contributed by atoms with Crippen LogP contribution in [0.25, 0.3) is 0 Å². The van der Waals surface area contributed by atoms with Gasteiger partial charge in [0.25, 0.3) is 0 Å². The molecule has 0 spiro atoms. The Hall–Kier alpha value is -2.36. The highest BCUT2D eigenvalue weighted by Crippen LogP contribution is 2.27. The van der Waals surface area contributed by atoms with Gasteiger partial charge in [0.2, 0.25) is 12.3 Å². The second-order valence-electron chi connectivity index (χ2n) is 4.46. The minimum atomic E-state index is 0.0326. The van der Waals surface area contributed by atoms with Crippen molar-refractivity contribution in [3.05, 3.63) is 53.9 Å². The lowest BCUT2D eigenvalue weighted by atomic mass is 10.1. The van der Waals surface area contributed by atoms with E-state index in [4.69, 9.17) is 9.47 Å². The average Bonchev–Trinajstić information content (AvgIpc) is 2.48. The van der Waals surface area contributed by atoms with Gasteiger partial charge in [-0.3, -0.25) is 4.79 Å². The Morgan fingerprint density at radius 3 is 2.50 bits per heavy atom. The van der Waals surface area contributed by atoms with E-state index in [2.05, 4.69) is 0 Å². The molecule has 4 heteroatoms. The summed E-state index contributed by atoms with van der Waals surface area (Å²) in [4.78, 5) is 12.3. The lowest BCUT2D eigenvalue weighted by Gasteiger charge is -2.08. The first-order valence-corrected chi connectivity index (χ1v) is 6.36. The maximum absolute atomic E-state index is 12.3. The van der Waals surface area contributed by atoms with Crippen LogP contribution in [0.2, 0.25) is 0 Å². The third-order valence-corrected chi connectivity index (χ3v) is 3.19. The summed E-state index contributed by atoms with van der Waals surface area (Å²) in [5, 5.41) is 0. The fourth-order valence-corrected chi connectivity index (χ4v) is 1.99. The molecule has 4 nitrogen and oxygen atoms in total. The van der Waals surface area contributed by atoms with Crippen molar-refractivity contribution >= 4 is 5.78 Å². The normalized spacial score (nSPS) is 10.2. The van der Waals surface area contributed by atoms with E-state index in [1.807, 2.05) is 35.9 Å². The number of Topliss-reactive ketones (excluding diaryl/α,β-unsaturated/α-hetero) is 1. The van der Waals surface area contributed by atoms with Gasteiger partial charge < -0.3 is 9.47 Å². The Labute approximate surface area is 118 Å². The fourth-order valence-electron chi connectivity index (χ4n) is 1.99. The van der Waals surface area contributed by atoms with Gasteiger partial charge in [0, 0.05) is 24.6 Å². The van der Waals surface area contributed by atoms with Gasteiger partial charge in [0.05, 0.1) is 14.2 Å². The Morgan fingerprint density at radius 2 is 1.85 bits per heavy atom. The van der Waals surface area contributed by atoms with E-state index in [-0.39, 0.29) is 5.78 Å². The number of aryl methyl sites for hydroxylation is 1. The zero-order valence-electron chi connectivity index (χ0n) is 11.9. The van der Waals surface area contributed by atoms with Crippen LogP contribution in [-0.4, -0.2) is 20.0 Å². The van der Waals surface area contributed by atoms with Gasteiger partial charge >= 0.3 is 0 Å². The summed E-state index contributed by atoms with van der Waals surface area (Å²) >= 11 is 0. The second-order valence-corrected chi connectivity index (χ2v) is 4.46. The van der Waals surface area contributed by atoms with E-state index in [0.717, 1.165) is 5.69 Å². The van der Waals surface area contributed by atoms with Crippen LogP contribution in [0.1, 0.15) is 16.1 Å². The maximum atomic E-state index is 12.3. The Morgan fingerprint density at radius 1 is 1.10 bits per heavy atom. The number of aromatic nitrogens is 1. The third-order valence-electron chi connectivity index (χ3n) is 3.19. The van der Waals surface area contributed by atoms with Crippen LogP contribution in [0.4, 0.5) is 0 Å². The zero-order chi connectivity index (χ0) is 14.5. The van der Waals surface area contributed by atoms with E-state index in [1.54, 1.807) is 32.4 Å². The minimum Gasteiger partial charge on any atom is -0.493 e. The number of carbonyl (C=O) groups excluding carboxylic acids is 1. The molecule has 1 aromatic carbocycles. The van der Waals surface area contributed by atoms with Crippen LogP contribution >= 0.6 is 0 Å². The SMILES string of the molecule is COc1ccc(C(=O)C[n+]2ccccc2C)cc1OC. The molecule has 0 aliphatic rings. The van der Waals surface area contributed by atoms with Crippen molar-refractivity contribution in [2.24, 2.45) is 0 Å². The number of ether oxygens (including phenoxy) is 2. The topological polar surface area (TPSA) is 39.4 Å². The lowest BCUT2D eigenvalue weighted by molar-refractivity contribution is -0.689. The number of carbonyl (C=O) groups is 1. The van der Waals surface area contributed by atoms with Crippen LogP contribution < -0.4 is 14.0 Å². The summed E-state index contributed by atoms with van der Waals surface area (Å²) in [5.41, 5.74) is 1.65. The summed E-state index contributed by atoms with van der Waals surface area (Å²) in [6, 6.07) is 11.0. The van der Waals surface area contributed by atoms with Crippen LogP contribution in [0, 0.1) is 6.92 Å². The summed E-state index contributed by atoms with van der Waals surface area (Å²) in [6.07, 6.45) is 1.90. The highest BCUT2D eigenvalue weighted by atomic mass is 16.5. The van der Waals surface area contributed by atoms with Crippen molar-refractivity contribution in [3.63, 3.8) is 0 Å². The predicted molar refractivity (Wildman–Crippen MR) is 75.3 cm³/mol. The monoisotopic (exact) mass is 272 g/mol. The third kappa shape index (κ3) is 2.96. The number of ketones is 1. The molecule has 0 amide bonds. The average molecular weight is 272 g/mol. The molecule has 2 rings (SSSR count). The number of pyridine rings is 1. The Bertz CT molecular complexity index is 623. The zero-order valence-corrected chi connectivity index (χ0v) is 11.9. The summed E-state index contributed by atoms with van der Waals surface area (Å²) in [5.74, 6) is 1.21. The highest BCUT2D eigenvalue weighted by molar-refractivity contribution is 5.95. The first-order valence-electron chi connectivity index (χ1n) is 6.36. The molecule has 104 valence electrons. The van der Waals surface area contributed by atoms with Crippen LogP contribution in [0.5, 0.6) is 11.5 Å². The van der Waals surface area contributed by atoms with Gasteiger partial charge in [-0.25, -0.2) is 0 Å². The van der Waals surface area contributed by atoms with Gasteiger partial charge in [-0.1, -0.05) is 6.07 Å². The maximum Gasteiger partial charge on any atom is 0.227 e. The van der Waals surface area contributed by atoms with Crippen molar-refractivity contribution in [2.45, 2.75) is 13.5 Å². The molecule has 0 unspecified atom stereocenters. The number of nitrogens with zero attached hydrogens (tertiary/aromatic N) is 1. The Kier molecular flexibility index (Phi) is 4.35. The minimum absolute atomic E-state index is 0.0326. The van der Waals surface area contributed by atoms with E-state index >= 15 is 0 Å². The molecule has 0 radical (unpaired) electrons. The van der Waals surface area contributed by atoms with E-state index in [9.17, 15) is 4.79 Å². The van der Waals surface area contributed by atoms with Crippen molar-refractivity contribution in [3.8, 4) is 11.5 Å². The largest absolute Gasteiger partial charge is 0.493 e. The van der Waals surface area contributed by atoms with Crippen molar-refractivity contribution < 1.29 is 18.8 Å². The van der Waals surface area contributed by atoms with Gasteiger partial charge in [-0.05, 0) is 18.2 Å². The highest BCUT2D eigenvalue weighted by Gasteiger charge is 2.16. The van der Waals surface area contributed by atoms with Gasteiger partial charge in [-0.2, -0.15) is 4.57 Å². The number of rotatable bonds is 5. The number of hydrogen-bond acceptors (Lipinski definition) is 3. The molecule has 0 saturated carbocycles. The summed E-state index contributed by atoms with van der Waals surface area (Å²) < 4.78 is 12.3. The van der Waals surface area contributed by atoms with E-state index < -0.39 is 0 Å². The Balaban J connectivity index is 2.24. The molecule has 0 fully saturated rings. The summed E-state index contributed by atoms with van der Waals surface area (Å²) in [7, 11) is 3.13. The van der Waals surface area contributed by atoms with Crippen LogP contribution in [0.3, 0.4) is 0 Å². The van der Waals surface area contributed by atoms with Gasteiger partial charge in [-0.15, -0.1) is 0 Å². The number of hydrogen-bond donors (Lipinski definition) is 0. The first kappa shape index (κ1) is 14.1. The molecule has 0 saturated heterocycles. The molecular formula is C16H18NO3+. The second kappa shape index (κ2) is 6.19. The fraction of sp³-hybridized carbons (Fsp3) is 0.250. The number of benzene rings is 1. The van der Waals surface area contributed by atoms with Crippen molar-refractivity contribution in [1.82, 2.24) is 0 Å². The molecule has 0 aliphatic carbocycles. The molecule has 1 heterocycles. The quantitative estimate of drug-likeness (QED) is 0.618. The first-order chi connectivity index (χ1) is 9.65. The molecular weight excluding hydrogens is 254 g/mol. The van der Waals surface area contributed by atoms with Gasteiger partial charge in [0.15, 0.2) is 23.4 Å².